The molecule has 0 atom stereocenters. The highest BCUT2D eigenvalue weighted by Gasteiger charge is 2.23. The molecule has 0 aliphatic carbocycles. The van der Waals surface area contributed by atoms with Crippen LogP contribution >= 0.6 is 15.9 Å². The maximum Gasteiger partial charge on any atom is 0.262 e. The van der Waals surface area contributed by atoms with Crippen LogP contribution in [0, 0.1) is 5.82 Å². The zero-order chi connectivity index (χ0) is 21.6. The van der Waals surface area contributed by atoms with Gasteiger partial charge in [0.25, 0.3) is 5.91 Å². The van der Waals surface area contributed by atoms with Gasteiger partial charge in [-0.05, 0) is 52.3 Å². The van der Waals surface area contributed by atoms with E-state index in [1.807, 2.05) is 0 Å². The topological polar surface area (TPSA) is 84.9 Å². The van der Waals surface area contributed by atoms with E-state index in [-0.39, 0.29) is 17.2 Å². The standard InChI is InChI=1S/C19H22BrFN2O5S/c1-4-23(5-2)29(25,26)14-7-9-18(27-3)16(11-14)22-19(24)12-28-17-8-6-13(21)10-15(17)20/h6-11H,4-5,12H2,1-3H3,(H,22,24). The minimum Gasteiger partial charge on any atom is -0.495 e. The van der Waals surface area contributed by atoms with Crippen molar-refractivity contribution in [2.75, 3.05) is 32.1 Å². The second-order valence-electron chi connectivity index (χ2n) is 5.86. The third-order valence-electron chi connectivity index (χ3n) is 4.04. The van der Waals surface area contributed by atoms with Crippen molar-refractivity contribution in [2.24, 2.45) is 0 Å². The quantitative estimate of drug-likeness (QED) is 0.582. The summed E-state index contributed by atoms with van der Waals surface area (Å²) in [5, 5.41) is 2.59. The summed E-state index contributed by atoms with van der Waals surface area (Å²) in [5.41, 5.74) is 0.201. The second-order valence-corrected chi connectivity index (χ2v) is 8.66. The highest BCUT2D eigenvalue weighted by molar-refractivity contribution is 9.10. The lowest BCUT2D eigenvalue weighted by Crippen LogP contribution is -2.30. The van der Waals surface area contributed by atoms with Crippen LogP contribution in [0.5, 0.6) is 11.5 Å². The van der Waals surface area contributed by atoms with Crippen LogP contribution in [0.4, 0.5) is 10.1 Å². The van der Waals surface area contributed by atoms with Crippen LogP contribution in [-0.4, -0.2) is 45.4 Å². The normalized spacial score (nSPS) is 11.4. The number of hydrogen-bond acceptors (Lipinski definition) is 5. The highest BCUT2D eigenvalue weighted by atomic mass is 79.9. The summed E-state index contributed by atoms with van der Waals surface area (Å²) >= 11 is 3.16. The molecule has 0 aromatic heterocycles. The second kappa shape index (κ2) is 10.0. The third kappa shape index (κ3) is 5.68. The van der Waals surface area contributed by atoms with Crippen molar-refractivity contribution in [3.63, 3.8) is 0 Å². The molecule has 29 heavy (non-hydrogen) atoms. The number of methoxy groups -OCH3 is 1. The van der Waals surface area contributed by atoms with Crippen molar-refractivity contribution in [3.8, 4) is 11.5 Å². The lowest BCUT2D eigenvalue weighted by atomic mass is 10.3. The summed E-state index contributed by atoms with van der Waals surface area (Å²) in [6.07, 6.45) is 0. The SMILES string of the molecule is CCN(CC)S(=O)(=O)c1ccc(OC)c(NC(=O)COc2ccc(F)cc2Br)c1. The number of amides is 1. The first kappa shape index (κ1) is 23.1. The van der Waals surface area contributed by atoms with Crippen LogP contribution in [0.1, 0.15) is 13.8 Å². The number of ether oxygens (including phenoxy) is 2. The summed E-state index contributed by atoms with van der Waals surface area (Å²) in [5.74, 6) is -0.368. The van der Waals surface area contributed by atoms with Gasteiger partial charge in [0.2, 0.25) is 10.0 Å². The molecule has 2 rings (SSSR count). The Hall–Kier alpha value is -2.17. The van der Waals surface area contributed by atoms with E-state index in [9.17, 15) is 17.6 Å². The smallest absolute Gasteiger partial charge is 0.262 e. The van der Waals surface area contributed by atoms with Gasteiger partial charge in [-0.2, -0.15) is 4.31 Å². The van der Waals surface area contributed by atoms with Crippen LogP contribution in [0.2, 0.25) is 0 Å². The molecule has 0 aliphatic rings. The number of carbonyl (C=O) groups excluding carboxylic acids is 1. The molecular weight excluding hydrogens is 467 g/mol. The number of rotatable bonds is 9. The van der Waals surface area contributed by atoms with Gasteiger partial charge in [-0.3, -0.25) is 4.79 Å². The maximum atomic E-state index is 13.1. The molecule has 7 nitrogen and oxygen atoms in total. The molecule has 0 bridgehead atoms. The molecule has 2 aromatic rings. The van der Waals surface area contributed by atoms with Crippen LogP contribution in [0.3, 0.4) is 0 Å². The van der Waals surface area contributed by atoms with E-state index in [1.165, 1.54) is 47.8 Å². The first-order chi connectivity index (χ1) is 13.7. The van der Waals surface area contributed by atoms with Gasteiger partial charge in [0.15, 0.2) is 6.61 Å². The Labute approximate surface area is 178 Å². The zero-order valence-electron chi connectivity index (χ0n) is 16.2. The van der Waals surface area contributed by atoms with E-state index < -0.39 is 21.7 Å². The Morgan fingerprint density at radius 2 is 1.79 bits per heavy atom. The first-order valence-corrected chi connectivity index (χ1v) is 11.0. The molecule has 0 heterocycles. The lowest BCUT2D eigenvalue weighted by Gasteiger charge is -2.19. The van der Waals surface area contributed by atoms with Gasteiger partial charge >= 0.3 is 0 Å². The molecule has 158 valence electrons. The molecular formula is C19H22BrFN2O5S. The Morgan fingerprint density at radius 1 is 1.14 bits per heavy atom. The number of nitrogens with one attached hydrogen (secondary N) is 1. The fourth-order valence-electron chi connectivity index (χ4n) is 2.58. The van der Waals surface area contributed by atoms with E-state index in [4.69, 9.17) is 9.47 Å². The molecule has 0 saturated heterocycles. The summed E-state index contributed by atoms with van der Waals surface area (Å²) in [7, 11) is -2.28. The molecule has 1 N–H and O–H groups in total. The van der Waals surface area contributed by atoms with Crippen molar-refractivity contribution >= 4 is 37.5 Å². The van der Waals surface area contributed by atoms with Gasteiger partial charge in [0, 0.05) is 13.1 Å². The molecule has 0 radical (unpaired) electrons. The van der Waals surface area contributed by atoms with E-state index in [1.54, 1.807) is 13.8 Å². The Kier molecular flexibility index (Phi) is 8.00. The minimum atomic E-state index is -3.70. The molecule has 0 unspecified atom stereocenters. The Bertz CT molecular complexity index is 981. The van der Waals surface area contributed by atoms with E-state index in [2.05, 4.69) is 21.2 Å². The molecule has 0 aliphatic heterocycles. The van der Waals surface area contributed by atoms with Crippen LogP contribution in [0.25, 0.3) is 0 Å². The van der Waals surface area contributed by atoms with Gasteiger partial charge in [-0.1, -0.05) is 13.8 Å². The van der Waals surface area contributed by atoms with Gasteiger partial charge in [0.1, 0.15) is 17.3 Å². The number of hydrogen-bond donors (Lipinski definition) is 1. The third-order valence-corrected chi connectivity index (χ3v) is 6.71. The lowest BCUT2D eigenvalue weighted by molar-refractivity contribution is -0.118. The zero-order valence-corrected chi connectivity index (χ0v) is 18.6. The highest BCUT2D eigenvalue weighted by Crippen LogP contribution is 2.29. The fourth-order valence-corrected chi connectivity index (χ4v) is 4.53. The number of anilines is 1. The van der Waals surface area contributed by atoms with Crippen molar-refractivity contribution in [1.82, 2.24) is 4.31 Å². The molecule has 1 amide bonds. The monoisotopic (exact) mass is 488 g/mol. The molecule has 2 aromatic carbocycles. The Balaban J connectivity index is 2.19. The number of carbonyl (C=O) groups is 1. The fraction of sp³-hybridized carbons (Fsp3) is 0.316. The predicted octanol–water partition coefficient (Wildman–Crippen LogP) is 3.64. The molecule has 0 fully saturated rings. The van der Waals surface area contributed by atoms with Crippen LogP contribution in [0.15, 0.2) is 45.8 Å². The Morgan fingerprint density at radius 3 is 2.38 bits per heavy atom. The van der Waals surface area contributed by atoms with Crippen molar-refractivity contribution < 1.29 is 27.1 Å². The van der Waals surface area contributed by atoms with Crippen molar-refractivity contribution in [1.29, 1.82) is 0 Å². The first-order valence-electron chi connectivity index (χ1n) is 8.78. The van der Waals surface area contributed by atoms with Crippen molar-refractivity contribution in [2.45, 2.75) is 18.7 Å². The van der Waals surface area contributed by atoms with Crippen molar-refractivity contribution in [3.05, 3.63) is 46.7 Å². The number of nitrogens with zero attached hydrogens (tertiary/aromatic N) is 1. The summed E-state index contributed by atoms with van der Waals surface area (Å²) in [4.78, 5) is 12.3. The molecule has 10 heteroatoms. The minimum absolute atomic E-state index is 0.0412. The van der Waals surface area contributed by atoms with Crippen LogP contribution in [-0.2, 0) is 14.8 Å². The summed E-state index contributed by atoms with van der Waals surface area (Å²) < 4.78 is 50.8. The van der Waals surface area contributed by atoms with E-state index in [0.717, 1.165) is 0 Å². The average molecular weight is 489 g/mol. The van der Waals surface area contributed by atoms with Gasteiger partial charge in [0.05, 0.1) is 22.2 Å². The average Bonchev–Trinajstić information content (AvgIpc) is 2.68. The molecule has 0 spiro atoms. The predicted molar refractivity (Wildman–Crippen MR) is 111 cm³/mol. The summed E-state index contributed by atoms with van der Waals surface area (Å²) in [6.45, 7) is 3.79. The molecule has 0 saturated carbocycles. The van der Waals surface area contributed by atoms with Crippen LogP contribution < -0.4 is 14.8 Å². The van der Waals surface area contributed by atoms with Gasteiger partial charge < -0.3 is 14.8 Å². The van der Waals surface area contributed by atoms with Gasteiger partial charge in [-0.15, -0.1) is 0 Å². The summed E-state index contributed by atoms with van der Waals surface area (Å²) in [6, 6.07) is 8.07. The van der Waals surface area contributed by atoms with E-state index >= 15 is 0 Å². The number of benzene rings is 2. The number of sulfonamides is 1. The largest absolute Gasteiger partial charge is 0.495 e. The maximum absolute atomic E-state index is 13.1. The van der Waals surface area contributed by atoms with Gasteiger partial charge in [-0.25, -0.2) is 12.8 Å². The van der Waals surface area contributed by atoms with E-state index in [0.29, 0.717) is 29.1 Å². The number of halogens is 2.